The van der Waals surface area contributed by atoms with Crippen molar-refractivity contribution in [3.8, 4) is 0 Å². The van der Waals surface area contributed by atoms with Gasteiger partial charge in [0.05, 0.1) is 30.9 Å². The number of ether oxygens (including phenoxy) is 1. The molecule has 3 aliphatic heterocycles. The van der Waals surface area contributed by atoms with Crippen LogP contribution < -0.4 is 4.90 Å². The number of carbonyl (C=O) groups excluding carboxylic acids is 2. The summed E-state index contributed by atoms with van der Waals surface area (Å²) in [4.78, 5) is 42.4. The normalized spacial score (nSPS) is 30.4. The zero-order valence-electron chi connectivity index (χ0n) is 20.6. The second-order valence-electron chi connectivity index (χ2n) is 10.6. The molecule has 2 aromatic rings. The Kier molecular flexibility index (Phi) is 6.12. The number of aliphatic hydroxyl groups excluding tert-OH is 1. The lowest BCUT2D eigenvalue weighted by atomic mass is 9.82. The van der Waals surface area contributed by atoms with Gasteiger partial charge in [0.1, 0.15) is 0 Å². The predicted octanol–water partition coefficient (Wildman–Crippen LogP) is 3.54. The summed E-state index contributed by atoms with van der Waals surface area (Å²) in [6, 6.07) is 17.0. The minimum atomic E-state index is -2.84. The van der Waals surface area contributed by atoms with E-state index in [1.807, 2.05) is 74.6 Å². The van der Waals surface area contributed by atoms with Gasteiger partial charge in [-0.05, 0) is 44.1 Å². The van der Waals surface area contributed by atoms with Gasteiger partial charge in [-0.25, -0.2) is 0 Å². The quantitative estimate of drug-likeness (QED) is 0.621. The summed E-state index contributed by atoms with van der Waals surface area (Å²) in [5.41, 5.74) is 0.745. The Morgan fingerprint density at radius 2 is 1.83 bits per heavy atom. The number of aliphatic hydroxyl groups is 1. The number of anilines is 2. The van der Waals surface area contributed by atoms with Crippen LogP contribution >= 0.6 is 0 Å². The summed E-state index contributed by atoms with van der Waals surface area (Å²) in [7, 11) is -2.84. The zero-order valence-corrected chi connectivity index (χ0v) is 21.6. The van der Waals surface area contributed by atoms with Gasteiger partial charge in [-0.2, -0.15) is 0 Å². The van der Waals surface area contributed by atoms with Gasteiger partial charge in [0.15, 0.2) is 13.9 Å². The molecule has 2 N–H and O–H groups in total. The summed E-state index contributed by atoms with van der Waals surface area (Å²) < 4.78 is 6.72. The van der Waals surface area contributed by atoms with Crippen molar-refractivity contribution in [2.45, 2.75) is 62.6 Å². The largest absolute Gasteiger partial charge is 0.432 e. The van der Waals surface area contributed by atoms with Crippen LogP contribution in [-0.2, 0) is 19.9 Å². The molecule has 0 saturated carbocycles. The molecule has 3 heterocycles. The molecule has 2 fully saturated rings. The molecule has 0 aromatic heterocycles. The van der Waals surface area contributed by atoms with E-state index >= 15 is 0 Å². The van der Waals surface area contributed by atoms with Crippen LogP contribution in [0.25, 0.3) is 0 Å². The van der Waals surface area contributed by atoms with Crippen molar-refractivity contribution >= 4 is 31.5 Å². The Morgan fingerprint density at radius 3 is 2.51 bits per heavy atom. The average Bonchev–Trinajstić information content (AvgIpc) is 3.49. The van der Waals surface area contributed by atoms with Crippen LogP contribution in [0.1, 0.15) is 31.7 Å². The highest BCUT2D eigenvalue weighted by molar-refractivity contribution is 6.71. The minimum Gasteiger partial charge on any atom is -0.432 e. The summed E-state index contributed by atoms with van der Waals surface area (Å²) >= 11 is 0. The SMILES string of the molecule is C[C@H]1[C@H]([Si](C)(C)O)[C@@H](CC(=O)N2CCC[C@H]2CO)O[C@]12C(=O)N(c1ccccc1)c1ccccc12. The molecule has 5 rings (SSSR count). The fraction of sp³-hybridized carbons (Fsp3) is 0.481. The maximum Gasteiger partial charge on any atom is 0.268 e. The third kappa shape index (κ3) is 3.74. The number of hydrogen-bond acceptors (Lipinski definition) is 5. The Labute approximate surface area is 207 Å². The van der Waals surface area contributed by atoms with Gasteiger partial charge in [0.2, 0.25) is 5.91 Å². The summed E-state index contributed by atoms with van der Waals surface area (Å²) in [5, 5.41) is 9.71. The van der Waals surface area contributed by atoms with E-state index in [4.69, 9.17) is 4.74 Å². The van der Waals surface area contributed by atoms with Crippen LogP contribution in [-0.4, -0.2) is 60.2 Å². The lowest BCUT2D eigenvalue weighted by molar-refractivity contribution is -0.149. The number of benzene rings is 2. The van der Waals surface area contributed by atoms with E-state index in [2.05, 4.69) is 0 Å². The number of para-hydroxylation sites is 2. The number of nitrogens with zero attached hydrogens (tertiary/aromatic N) is 2. The van der Waals surface area contributed by atoms with E-state index in [0.29, 0.717) is 6.54 Å². The Bertz CT molecular complexity index is 1120. The highest BCUT2D eigenvalue weighted by Gasteiger charge is 2.66. The van der Waals surface area contributed by atoms with Gasteiger partial charge in [-0.1, -0.05) is 43.3 Å². The number of carbonyl (C=O) groups is 2. The molecular formula is C27H34N2O5Si. The predicted molar refractivity (Wildman–Crippen MR) is 136 cm³/mol. The molecule has 1 spiro atoms. The van der Waals surface area contributed by atoms with E-state index < -0.39 is 20.0 Å². The number of hydrogen-bond donors (Lipinski definition) is 2. The highest BCUT2D eigenvalue weighted by Crippen LogP contribution is 2.60. The second kappa shape index (κ2) is 8.85. The van der Waals surface area contributed by atoms with Gasteiger partial charge < -0.3 is 19.5 Å². The molecule has 2 aromatic carbocycles. The standard InChI is InChI=1S/C27H34N2O5Si/c1-18-25(35(2,3)33)23(16-24(31)28-15-9-12-20(28)17-30)34-27(18)21-13-7-8-14-22(21)29(26(27)32)19-10-5-4-6-11-19/h4-8,10-11,13-14,18,20,23,25,30,33H,9,12,15-17H2,1-3H3/t18-,20-,23+,25-,27+/m0/s1. The third-order valence-corrected chi connectivity index (χ3v) is 10.6. The molecule has 8 heteroatoms. The van der Waals surface area contributed by atoms with Crippen molar-refractivity contribution in [3.05, 3.63) is 60.2 Å². The van der Waals surface area contributed by atoms with Gasteiger partial charge in [-0.3, -0.25) is 14.5 Å². The maximum atomic E-state index is 14.3. The van der Waals surface area contributed by atoms with Gasteiger partial charge >= 0.3 is 0 Å². The first-order valence-corrected chi connectivity index (χ1v) is 15.5. The minimum absolute atomic E-state index is 0.0564. The van der Waals surface area contributed by atoms with Crippen LogP contribution in [0.5, 0.6) is 0 Å². The van der Waals surface area contributed by atoms with Crippen molar-refractivity contribution < 1.29 is 24.2 Å². The van der Waals surface area contributed by atoms with Crippen LogP contribution in [0, 0.1) is 5.92 Å². The molecule has 0 unspecified atom stereocenters. The topological polar surface area (TPSA) is 90.3 Å². The lowest BCUT2D eigenvalue weighted by Crippen LogP contribution is -2.45. The highest BCUT2D eigenvalue weighted by atomic mass is 28.4. The molecule has 2 saturated heterocycles. The van der Waals surface area contributed by atoms with E-state index in [-0.39, 0.29) is 42.3 Å². The monoisotopic (exact) mass is 494 g/mol. The summed E-state index contributed by atoms with van der Waals surface area (Å²) in [6.45, 7) is 6.27. The molecular weight excluding hydrogens is 460 g/mol. The van der Waals surface area contributed by atoms with E-state index in [1.54, 1.807) is 9.80 Å². The Balaban J connectivity index is 1.55. The van der Waals surface area contributed by atoms with Gasteiger partial charge in [0, 0.05) is 29.3 Å². The number of rotatable bonds is 5. The van der Waals surface area contributed by atoms with Crippen LogP contribution in [0.2, 0.25) is 18.6 Å². The van der Waals surface area contributed by atoms with Crippen LogP contribution in [0.3, 0.4) is 0 Å². The van der Waals surface area contributed by atoms with Gasteiger partial charge in [0.25, 0.3) is 5.91 Å². The lowest BCUT2D eigenvalue weighted by Gasteiger charge is -2.32. The molecule has 186 valence electrons. The van der Waals surface area contributed by atoms with Crippen molar-refractivity contribution in [1.29, 1.82) is 0 Å². The molecule has 0 aliphatic carbocycles. The van der Waals surface area contributed by atoms with Crippen molar-refractivity contribution in [3.63, 3.8) is 0 Å². The zero-order chi connectivity index (χ0) is 25.0. The molecule has 5 atom stereocenters. The van der Waals surface area contributed by atoms with Crippen LogP contribution in [0.4, 0.5) is 11.4 Å². The van der Waals surface area contributed by atoms with E-state index in [9.17, 15) is 19.5 Å². The van der Waals surface area contributed by atoms with Crippen molar-refractivity contribution in [1.82, 2.24) is 4.90 Å². The van der Waals surface area contributed by atoms with E-state index in [0.717, 1.165) is 29.8 Å². The summed E-state index contributed by atoms with van der Waals surface area (Å²) in [6.07, 6.45) is 1.15. The molecule has 2 amide bonds. The van der Waals surface area contributed by atoms with Crippen LogP contribution in [0.15, 0.2) is 54.6 Å². The van der Waals surface area contributed by atoms with Crippen molar-refractivity contribution in [2.24, 2.45) is 5.92 Å². The number of amides is 2. The van der Waals surface area contributed by atoms with Crippen molar-refractivity contribution in [2.75, 3.05) is 18.1 Å². The Morgan fingerprint density at radius 1 is 1.14 bits per heavy atom. The molecule has 7 nitrogen and oxygen atoms in total. The summed E-state index contributed by atoms with van der Waals surface area (Å²) in [5.74, 6) is -0.579. The Hall–Kier alpha value is -2.52. The number of likely N-dealkylation sites (tertiary alicyclic amines) is 1. The van der Waals surface area contributed by atoms with E-state index in [1.165, 1.54) is 0 Å². The smallest absolute Gasteiger partial charge is 0.268 e. The second-order valence-corrected chi connectivity index (χ2v) is 14.6. The van der Waals surface area contributed by atoms with Gasteiger partial charge in [-0.15, -0.1) is 0 Å². The molecule has 3 aliphatic rings. The third-order valence-electron chi connectivity index (χ3n) is 8.10. The molecule has 0 radical (unpaired) electrons. The first kappa shape index (κ1) is 24.2. The fourth-order valence-corrected chi connectivity index (χ4v) is 9.19. The number of fused-ring (bicyclic) bond motifs is 2. The first-order valence-electron chi connectivity index (χ1n) is 12.5. The molecule has 0 bridgehead atoms. The fourth-order valence-electron chi connectivity index (χ4n) is 6.63. The maximum absolute atomic E-state index is 14.3. The average molecular weight is 495 g/mol. The first-order chi connectivity index (χ1) is 16.7. The molecule has 35 heavy (non-hydrogen) atoms.